The fraction of sp³-hybridized carbons (Fsp3) is 0.267. The van der Waals surface area contributed by atoms with Crippen LogP contribution >= 0.6 is 11.3 Å². The van der Waals surface area contributed by atoms with Gasteiger partial charge in [-0.2, -0.15) is 0 Å². The van der Waals surface area contributed by atoms with Crippen LogP contribution in [0, 0.1) is 6.92 Å². The number of hydrogen-bond donors (Lipinski definition) is 1. The van der Waals surface area contributed by atoms with Gasteiger partial charge in [-0.25, -0.2) is 4.98 Å². The molecule has 1 aromatic carbocycles. The third kappa shape index (κ3) is 2.55. The number of fused-ring (bicyclic) bond motifs is 1. The number of furan rings is 1. The summed E-state index contributed by atoms with van der Waals surface area (Å²) in [4.78, 5) is 4.51. The van der Waals surface area contributed by atoms with E-state index in [9.17, 15) is 0 Å². The van der Waals surface area contributed by atoms with Gasteiger partial charge in [0.1, 0.15) is 10.6 Å². The van der Waals surface area contributed by atoms with Gasteiger partial charge < -0.3 is 9.73 Å². The van der Waals surface area contributed by atoms with Crippen LogP contribution in [0.4, 0.5) is 0 Å². The first-order chi connectivity index (χ1) is 9.24. The van der Waals surface area contributed by atoms with Crippen LogP contribution in [0.1, 0.15) is 29.2 Å². The highest BCUT2D eigenvalue weighted by atomic mass is 32.1. The van der Waals surface area contributed by atoms with Gasteiger partial charge in [0.05, 0.1) is 12.3 Å². The first-order valence-corrected chi connectivity index (χ1v) is 7.22. The lowest BCUT2D eigenvalue weighted by atomic mass is 10.1. The molecular formula is C15H16N2OS. The summed E-state index contributed by atoms with van der Waals surface area (Å²) in [7, 11) is 0. The number of hydrogen-bond acceptors (Lipinski definition) is 4. The van der Waals surface area contributed by atoms with Crippen LogP contribution in [0.15, 0.2) is 40.3 Å². The molecule has 0 aliphatic rings. The zero-order chi connectivity index (χ0) is 13.2. The Labute approximate surface area is 116 Å². The molecule has 98 valence electrons. The predicted octanol–water partition coefficient (Wildman–Crippen LogP) is 4.05. The minimum Gasteiger partial charge on any atom is -0.464 e. The quantitative estimate of drug-likeness (QED) is 0.778. The number of rotatable bonds is 4. The van der Waals surface area contributed by atoms with Gasteiger partial charge >= 0.3 is 0 Å². The molecule has 0 aliphatic heterocycles. The molecule has 0 saturated carbocycles. The van der Waals surface area contributed by atoms with Crippen molar-refractivity contribution in [1.29, 1.82) is 0 Å². The SMILES string of the molecule is Cc1csc(C(C)NCc2coc3ccccc23)n1. The largest absolute Gasteiger partial charge is 0.464 e. The van der Waals surface area contributed by atoms with E-state index in [0.717, 1.165) is 22.8 Å². The Morgan fingerprint density at radius 3 is 3.00 bits per heavy atom. The van der Waals surface area contributed by atoms with Crippen LogP contribution in [0.25, 0.3) is 11.0 Å². The number of para-hydroxylation sites is 1. The molecule has 1 N–H and O–H groups in total. The summed E-state index contributed by atoms with van der Waals surface area (Å²) in [6.45, 7) is 4.95. The summed E-state index contributed by atoms with van der Waals surface area (Å²) in [5, 5.41) is 7.89. The van der Waals surface area contributed by atoms with E-state index in [0.29, 0.717) is 0 Å². The van der Waals surface area contributed by atoms with E-state index >= 15 is 0 Å². The highest BCUT2D eigenvalue weighted by Gasteiger charge is 2.10. The van der Waals surface area contributed by atoms with Gasteiger partial charge in [-0.05, 0) is 19.9 Å². The highest BCUT2D eigenvalue weighted by molar-refractivity contribution is 7.09. The van der Waals surface area contributed by atoms with Crippen molar-refractivity contribution < 1.29 is 4.42 Å². The molecule has 0 fully saturated rings. The van der Waals surface area contributed by atoms with Crippen molar-refractivity contribution in [1.82, 2.24) is 10.3 Å². The Hall–Kier alpha value is -1.65. The fourth-order valence-electron chi connectivity index (χ4n) is 2.09. The maximum atomic E-state index is 5.54. The number of aryl methyl sites for hydroxylation is 1. The Morgan fingerprint density at radius 2 is 2.21 bits per heavy atom. The molecule has 0 bridgehead atoms. The Bertz CT molecular complexity index is 686. The third-order valence-electron chi connectivity index (χ3n) is 3.17. The summed E-state index contributed by atoms with van der Waals surface area (Å²) in [6, 6.07) is 8.37. The van der Waals surface area contributed by atoms with E-state index in [1.165, 1.54) is 10.9 Å². The van der Waals surface area contributed by atoms with E-state index in [2.05, 4.69) is 28.7 Å². The van der Waals surface area contributed by atoms with Crippen LogP contribution in [-0.4, -0.2) is 4.98 Å². The average Bonchev–Trinajstić information content (AvgIpc) is 3.02. The molecule has 2 aromatic heterocycles. The number of nitrogens with zero attached hydrogens (tertiary/aromatic N) is 1. The summed E-state index contributed by atoms with van der Waals surface area (Å²) in [5.41, 5.74) is 3.22. The maximum Gasteiger partial charge on any atom is 0.134 e. The third-order valence-corrected chi connectivity index (χ3v) is 4.31. The van der Waals surface area contributed by atoms with Gasteiger partial charge in [-0.1, -0.05) is 18.2 Å². The molecule has 3 nitrogen and oxygen atoms in total. The molecule has 0 radical (unpaired) electrons. The van der Waals surface area contributed by atoms with E-state index in [1.54, 1.807) is 11.3 Å². The predicted molar refractivity (Wildman–Crippen MR) is 78.3 cm³/mol. The second-order valence-corrected chi connectivity index (χ2v) is 5.58. The van der Waals surface area contributed by atoms with Crippen molar-refractivity contribution in [3.05, 3.63) is 52.2 Å². The van der Waals surface area contributed by atoms with Crippen molar-refractivity contribution >= 4 is 22.3 Å². The number of nitrogens with one attached hydrogen (secondary N) is 1. The lowest BCUT2D eigenvalue weighted by Crippen LogP contribution is -2.17. The monoisotopic (exact) mass is 272 g/mol. The standard InChI is InChI=1S/C15H16N2OS/c1-10-9-19-15(17-10)11(2)16-7-12-8-18-14-6-4-3-5-13(12)14/h3-6,8-9,11,16H,7H2,1-2H3. The Balaban J connectivity index is 1.72. The molecule has 3 rings (SSSR count). The summed E-state index contributed by atoms with van der Waals surface area (Å²) >= 11 is 1.70. The minimum absolute atomic E-state index is 0.257. The summed E-state index contributed by atoms with van der Waals surface area (Å²) in [6.07, 6.45) is 1.83. The average molecular weight is 272 g/mol. The van der Waals surface area contributed by atoms with Crippen molar-refractivity contribution in [3.8, 4) is 0 Å². The fourth-order valence-corrected chi connectivity index (χ4v) is 2.92. The van der Waals surface area contributed by atoms with E-state index < -0.39 is 0 Å². The van der Waals surface area contributed by atoms with Crippen molar-refractivity contribution in [2.24, 2.45) is 0 Å². The van der Waals surface area contributed by atoms with E-state index in [-0.39, 0.29) is 6.04 Å². The van der Waals surface area contributed by atoms with E-state index in [1.807, 2.05) is 31.4 Å². The van der Waals surface area contributed by atoms with Gasteiger partial charge in [0, 0.05) is 28.6 Å². The molecule has 0 spiro atoms. The van der Waals surface area contributed by atoms with Crippen LogP contribution < -0.4 is 5.32 Å². The van der Waals surface area contributed by atoms with Crippen LogP contribution in [0.3, 0.4) is 0 Å². The van der Waals surface area contributed by atoms with Gasteiger partial charge in [0.2, 0.25) is 0 Å². The van der Waals surface area contributed by atoms with E-state index in [4.69, 9.17) is 4.42 Å². The number of thiazole rings is 1. The molecule has 1 atom stereocenters. The van der Waals surface area contributed by atoms with Crippen molar-refractivity contribution in [2.75, 3.05) is 0 Å². The molecule has 0 saturated heterocycles. The molecule has 0 aliphatic carbocycles. The topological polar surface area (TPSA) is 38.1 Å². The first kappa shape index (κ1) is 12.4. The second-order valence-electron chi connectivity index (χ2n) is 4.69. The molecule has 2 heterocycles. The molecule has 19 heavy (non-hydrogen) atoms. The van der Waals surface area contributed by atoms with Crippen molar-refractivity contribution in [3.63, 3.8) is 0 Å². The second kappa shape index (κ2) is 5.15. The van der Waals surface area contributed by atoms with Gasteiger partial charge in [-0.3, -0.25) is 0 Å². The smallest absolute Gasteiger partial charge is 0.134 e. The minimum atomic E-state index is 0.257. The van der Waals surface area contributed by atoms with Crippen molar-refractivity contribution in [2.45, 2.75) is 26.4 Å². The highest BCUT2D eigenvalue weighted by Crippen LogP contribution is 2.22. The van der Waals surface area contributed by atoms with Crippen LogP contribution in [-0.2, 0) is 6.54 Å². The maximum absolute atomic E-state index is 5.54. The lowest BCUT2D eigenvalue weighted by Gasteiger charge is -2.10. The Kier molecular flexibility index (Phi) is 3.36. The zero-order valence-corrected chi connectivity index (χ0v) is 11.8. The molecule has 0 amide bonds. The zero-order valence-electron chi connectivity index (χ0n) is 11.0. The van der Waals surface area contributed by atoms with Crippen LogP contribution in [0.5, 0.6) is 0 Å². The van der Waals surface area contributed by atoms with Gasteiger partial charge in [0.15, 0.2) is 0 Å². The van der Waals surface area contributed by atoms with Gasteiger partial charge in [0.25, 0.3) is 0 Å². The molecule has 4 heteroatoms. The normalized spacial score (nSPS) is 12.9. The lowest BCUT2D eigenvalue weighted by molar-refractivity contribution is 0.560. The number of aromatic nitrogens is 1. The molecule has 1 unspecified atom stereocenters. The first-order valence-electron chi connectivity index (χ1n) is 6.34. The summed E-state index contributed by atoms with van der Waals surface area (Å²) < 4.78 is 5.54. The van der Waals surface area contributed by atoms with Gasteiger partial charge in [-0.15, -0.1) is 11.3 Å². The summed E-state index contributed by atoms with van der Waals surface area (Å²) in [5.74, 6) is 0. The number of benzene rings is 1. The Morgan fingerprint density at radius 1 is 1.37 bits per heavy atom. The molecular weight excluding hydrogens is 256 g/mol. The molecule has 3 aromatic rings. The van der Waals surface area contributed by atoms with Crippen LogP contribution in [0.2, 0.25) is 0 Å².